The van der Waals surface area contributed by atoms with Crippen molar-refractivity contribution in [3.05, 3.63) is 42.2 Å². The minimum atomic E-state index is -4.59. The third kappa shape index (κ3) is 3.42. The summed E-state index contributed by atoms with van der Waals surface area (Å²) in [5.74, 6) is 0. The maximum atomic E-state index is 12.1. The van der Waals surface area contributed by atoms with Crippen LogP contribution in [-0.4, -0.2) is 28.9 Å². The lowest BCUT2D eigenvalue weighted by Crippen LogP contribution is -2.38. The Labute approximate surface area is 108 Å². The molecule has 0 aliphatic rings. The van der Waals surface area contributed by atoms with Gasteiger partial charge in [0, 0.05) is 30.9 Å². The fraction of sp³-hybridized carbons (Fsp3) is 0.308. The molecule has 3 nitrogen and oxygen atoms in total. The second kappa shape index (κ2) is 5.54. The first-order chi connectivity index (χ1) is 8.98. The molecule has 0 saturated heterocycles. The van der Waals surface area contributed by atoms with Gasteiger partial charge in [-0.2, -0.15) is 13.2 Å². The molecule has 6 heteroatoms. The van der Waals surface area contributed by atoms with Crippen LogP contribution in [0.2, 0.25) is 0 Å². The molecule has 1 aromatic heterocycles. The normalized spacial score (nSPS) is 13.7. The monoisotopic (exact) mass is 270 g/mol. The van der Waals surface area contributed by atoms with Gasteiger partial charge >= 0.3 is 6.18 Å². The summed E-state index contributed by atoms with van der Waals surface area (Å²) in [6, 6.07) is 7.35. The van der Waals surface area contributed by atoms with Gasteiger partial charge in [0.15, 0.2) is 6.10 Å². The van der Waals surface area contributed by atoms with Gasteiger partial charge in [0.1, 0.15) is 0 Å². The van der Waals surface area contributed by atoms with Crippen molar-refractivity contribution in [2.24, 2.45) is 0 Å². The molecule has 1 atom stereocenters. The largest absolute Gasteiger partial charge is 0.415 e. The number of halogens is 3. The van der Waals surface area contributed by atoms with Crippen molar-refractivity contribution < 1.29 is 18.3 Å². The van der Waals surface area contributed by atoms with Crippen molar-refractivity contribution in [1.29, 1.82) is 0 Å². The second-order valence-electron chi connectivity index (χ2n) is 4.20. The zero-order valence-corrected chi connectivity index (χ0v) is 9.98. The average Bonchev–Trinajstić information content (AvgIpc) is 2.38. The van der Waals surface area contributed by atoms with E-state index in [0.717, 1.165) is 16.3 Å². The Morgan fingerprint density at radius 1 is 1.26 bits per heavy atom. The predicted octanol–water partition coefficient (Wildman–Crippen LogP) is 2.25. The predicted molar refractivity (Wildman–Crippen MR) is 65.5 cm³/mol. The summed E-state index contributed by atoms with van der Waals surface area (Å²) >= 11 is 0. The number of nitrogens with one attached hydrogen (secondary N) is 1. The van der Waals surface area contributed by atoms with Gasteiger partial charge in [0.25, 0.3) is 0 Å². The Morgan fingerprint density at radius 3 is 2.79 bits per heavy atom. The van der Waals surface area contributed by atoms with Crippen molar-refractivity contribution in [2.75, 3.05) is 6.54 Å². The topological polar surface area (TPSA) is 45.1 Å². The van der Waals surface area contributed by atoms with Crippen LogP contribution in [0, 0.1) is 0 Å². The zero-order chi connectivity index (χ0) is 13.9. The number of hydrogen-bond acceptors (Lipinski definition) is 3. The van der Waals surface area contributed by atoms with E-state index in [9.17, 15) is 13.2 Å². The number of pyridine rings is 1. The summed E-state index contributed by atoms with van der Waals surface area (Å²) in [4.78, 5) is 3.99. The van der Waals surface area contributed by atoms with E-state index in [0.29, 0.717) is 0 Å². The number of aliphatic hydroxyl groups is 1. The van der Waals surface area contributed by atoms with Gasteiger partial charge in [-0.3, -0.25) is 4.98 Å². The third-order valence-electron chi connectivity index (χ3n) is 2.80. The van der Waals surface area contributed by atoms with Crippen LogP contribution in [0.1, 0.15) is 5.56 Å². The molecule has 0 saturated carbocycles. The summed E-state index contributed by atoms with van der Waals surface area (Å²) in [6.45, 7) is -0.264. The number of fused-ring (bicyclic) bond motifs is 1. The van der Waals surface area contributed by atoms with E-state index in [1.165, 1.54) is 0 Å². The molecular formula is C13H13F3N2O. The molecule has 0 fully saturated rings. The Morgan fingerprint density at radius 2 is 2.05 bits per heavy atom. The highest BCUT2D eigenvalue weighted by molar-refractivity contribution is 5.84. The van der Waals surface area contributed by atoms with E-state index in [1.54, 1.807) is 12.4 Å². The molecule has 1 unspecified atom stereocenters. The van der Waals surface area contributed by atoms with Crippen molar-refractivity contribution in [3.63, 3.8) is 0 Å². The van der Waals surface area contributed by atoms with Crippen LogP contribution in [0.4, 0.5) is 13.2 Å². The van der Waals surface area contributed by atoms with Gasteiger partial charge in [-0.15, -0.1) is 0 Å². The lowest BCUT2D eigenvalue weighted by Gasteiger charge is -2.15. The standard InChI is InChI=1S/C13H13F3N2O/c14-13(15,16)12(19)8-18-7-10-3-1-2-9-6-17-5-4-11(9)10/h1-6,12,18-19H,7-8H2. The molecule has 19 heavy (non-hydrogen) atoms. The lowest BCUT2D eigenvalue weighted by molar-refractivity contribution is -0.201. The maximum absolute atomic E-state index is 12.1. The molecule has 0 radical (unpaired) electrons. The van der Waals surface area contributed by atoms with Crippen molar-refractivity contribution in [2.45, 2.75) is 18.8 Å². The van der Waals surface area contributed by atoms with Crippen LogP contribution in [-0.2, 0) is 6.54 Å². The Balaban J connectivity index is 2.03. The van der Waals surface area contributed by atoms with E-state index in [4.69, 9.17) is 5.11 Å². The van der Waals surface area contributed by atoms with Gasteiger partial charge < -0.3 is 10.4 Å². The van der Waals surface area contributed by atoms with Gasteiger partial charge in [0.05, 0.1) is 0 Å². The van der Waals surface area contributed by atoms with Crippen molar-refractivity contribution >= 4 is 10.8 Å². The summed E-state index contributed by atoms with van der Waals surface area (Å²) in [5.41, 5.74) is 0.870. The Hall–Kier alpha value is -1.66. The maximum Gasteiger partial charge on any atom is 0.415 e. The zero-order valence-electron chi connectivity index (χ0n) is 9.98. The smallest absolute Gasteiger partial charge is 0.382 e. The minimum Gasteiger partial charge on any atom is -0.382 e. The van der Waals surface area contributed by atoms with E-state index < -0.39 is 18.8 Å². The SMILES string of the molecule is OC(CNCc1cccc2cnccc12)C(F)(F)F. The summed E-state index contributed by atoms with van der Waals surface area (Å²) < 4.78 is 36.4. The van der Waals surface area contributed by atoms with E-state index >= 15 is 0 Å². The number of rotatable bonds is 4. The quantitative estimate of drug-likeness (QED) is 0.895. The molecule has 0 aliphatic heterocycles. The third-order valence-corrected chi connectivity index (χ3v) is 2.80. The molecule has 2 N–H and O–H groups in total. The van der Waals surface area contributed by atoms with Crippen molar-refractivity contribution in [1.82, 2.24) is 10.3 Å². The Bertz CT molecular complexity index is 552. The molecule has 1 heterocycles. The van der Waals surface area contributed by atoms with Crippen LogP contribution in [0.15, 0.2) is 36.7 Å². The van der Waals surface area contributed by atoms with Crippen LogP contribution in [0.25, 0.3) is 10.8 Å². The van der Waals surface area contributed by atoms with Crippen LogP contribution in [0.3, 0.4) is 0 Å². The molecule has 0 aliphatic carbocycles. The molecule has 0 spiro atoms. The molecule has 1 aromatic carbocycles. The molecule has 2 rings (SSSR count). The number of nitrogens with zero attached hydrogens (tertiary/aromatic N) is 1. The molecule has 0 amide bonds. The number of benzene rings is 1. The minimum absolute atomic E-state index is 0.258. The van der Waals surface area contributed by atoms with Gasteiger partial charge in [-0.1, -0.05) is 18.2 Å². The fourth-order valence-corrected chi connectivity index (χ4v) is 1.80. The summed E-state index contributed by atoms with van der Waals surface area (Å²) in [6.07, 6.45) is -3.60. The number of aromatic nitrogens is 1. The summed E-state index contributed by atoms with van der Waals surface area (Å²) in [5, 5.41) is 13.4. The Kier molecular flexibility index (Phi) is 4.01. The van der Waals surface area contributed by atoms with E-state index in [1.807, 2.05) is 24.3 Å². The van der Waals surface area contributed by atoms with Crippen LogP contribution >= 0.6 is 0 Å². The van der Waals surface area contributed by atoms with Crippen LogP contribution in [0.5, 0.6) is 0 Å². The van der Waals surface area contributed by atoms with Gasteiger partial charge in [-0.25, -0.2) is 0 Å². The fourth-order valence-electron chi connectivity index (χ4n) is 1.80. The van der Waals surface area contributed by atoms with Crippen LogP contribution < -0.4 is 5.32 Å². The summed E-state index contributed by atoms with van der Waals surface area (Å²) in [7, 11) is 0. The van der Waals surface area contributed by atoms with Gasteiger partial charge in [-0.05, 0) is 17.0 Å². The molecule has 0 bridgehead atoms. The second-order valence-corrected chi connectivity index (χ2v) is 4.20. The first-order valence-electron chi connectivity index (χ1n) is 5.75. The molecule has 102 valence electrons. The van der Waals surface area contributed by atoms with E-state index in [2.05, 4.69) is 10.3 Å². The molecule has 2 aromatic rings. The highest BCUT2D eigenvalue weighted by Gasteiger charge is 2.37. The van der Waals surface area contributed by atoms with E-state index in [-0.39, 0.29) is 6.54 Å². The van der Waals surface area contributed by atoms with Gasteiger partial charge in [0.2, 0.25) is 0 Å². The highest BCUT2D eigenvalue weighted by atomic mass is 19.4. The highest BCUT2D eigenvalue weighted by Crippen LogP contribution is 2.20. The first-order valence-corrected chi connectivity index (χ1v) is 5.75. The van der Waals surface area contributed by atoms with Crippen molar-refractivity contribution in [3.8, 4) is 0 Å². The number of aliphatic hydroxyl groups excluding tert-OH is 1. The molecular weight excluding hydrogens is 257 g/mol. The number of hydrogen-bond donors (Lipinski definition) is 2. The first kappa shape index (κ1) is 13.8. The number of alkyl halides is 3. The average molecular weight is 270 g/mol. The lowest BCUT2D eigenvalue weighted by atomic mass is 10.1.